The fraction of sp³-hybridized carbons (Fsp3) is 0.875. The first-order valence-electron chi connectivity index (χ1n) is 3.70. The average molecular weight is 125 g/mol. The van der Waals surface area contributed by atoms with Gasteiger partial charge in [-0.15, -0.1) is 0 Å². The quantitative estimate of drug-likeness (QED) is 0.530. The molecule has 0 aromatic heterocycles. The smallest absolute Gasteiger partial charge is 0.0652 e. The predicted molar refractivity (Wildman–Crippen MR) is 38.9 cm³/mol. The summed E-state index contributed by atoms with van der Waals surface area (Å²) in [6.45, 7) is 4.16. The van der Waals surface area contributed by atoms with Gasteiger partial charge in [0.05, 0.1) is 6.07 Å². The van der Waals surface area contributed by atoms with Crippen molar-refractivity contribution in [3.8, 4) is 6.07 Å². The van der Waals surface area contributed by atoms with E-state index in [1.54, 1.807) is 0 Å². The molecule has 1 atom stereocenters. The van der Waals surface area contributed by atoms with Crippen LogP contribution in [0.15, 0.2) is 0 Å². The third kappa shape index (κ3) is 5.36. The zero-order chi connectivity index (χ0) is 7.11. The third-order valence-electron chi connectivity index (χ3n) is 1.46. The molecule has 52 valence electrons. The normalized spacial score (nSPS) is 12.6. The van der Waals surface area contributed by atoms with Gasteiger partial charge < -0.3 is 0 Å². The molecule has 0 amide bonds. The van der Waals surface area contributed by atoms with Crippen LogP contribution in [0.1, 0.15) is 39.5 Å². The highest BCUT2D eigenvalue weighted by atomic mass is 14.2. The summed E-state index contributed by atoms with van der Waals surface area (Å²) in [5.41, 5.74) is 0. The summed E-state index contributed by atoms with van der Waals surface area (Å²) < 4.78 is 0. The van der Waals surface area contributed by atoms with Crippen LogP contribution in [0.25, 0.3) is 0 Å². The zero-order valence-corrected chi connectivity index (χ0v) is 6.35. The molecule has 0 saturated carbocycles. The first-order valence-corrected chi connectivity index (χ1v) is 3.70. The molecular formula is C8H15N. The van der Waals surface area contributed by atoms with E-state index in [0.717, 1.165) is 6.42 Å². The number of hydrogen-bond donors (Lipinski definition) is 0. The maximum absolute atomic E-state index is 8.38. The fourth-order valence-electron chi connectivity index (χ4n) is 0.765. The van der Waals surface area contributed by atoms with Crippen molar-refractivity contribution in [1.82, 2.24) is 0 Å². The van der Waals surface area contributed by atoms with E-state index in [1.807, 2.05) is 6.92 Å². The van der Waals surface area contributed by atoms with Crippen LogP contribution in [-0.4, -0.2) is 0 Å². The van der Waals surface area contributed by atoms with E-state index in [9.17, 15) is 0 Å². The van der Waals surface area contributed by atoms with Crippen LogP contribution < -0.4 is 0 Å². The van der Waals surface area contributed by atoms with Gasteiger partial charge in [0, 0.05) is 5.92 Å². The molecule has 0 heterocycles. The van der Waals surface area contributed by atoms with Crippen molar-refractivity contribution >= 4 is 0 Å². The van der Waals surface area contributed by atoms with Gasteiger partial charge >= 0.3 is 0 Å². The largest absolute Gasteiger partial charge is 0.198 e. The minimum absolute atomic E-state index is 0.261. The van der Waals surface area contributed by atoms with Crippen LogP contribution in [0.2, 0.25) is 0 Å². The lowest BCUT2D eigenvalue weighted by molar-refractivity contribution is 0.584. The van der Waals surface area contributed by atoms with E-state index >= 15 is 0 Å². The summed E-state index contributed by atoms with van der Waals surface area (Å²) >= 11 is 0. The van der Waals surface area contributed by atoms with Gasteiger partial charge in [0.15, 0.2) is 0 Å². The van der Waals surface area contributed by atoms with Crippen molar-refractivity contribution in [2.45, 2.75) is 39.5 Å². The molecule has 0 aliphatic heterocycles. The highest BCUT2D eigenvalue weighted by Crippen LogP contribution is 2.06. The van der Waals surface area contributed by atoms with Crippen molar-refractivity contribution in [3.63, 3.8) is 0 Å². The van der Waals surface area contributed by atoms with E-state index in [4.69, 9.17) is 5.26 Å². The Kier molecular flexibility index (Phi) is 5.30. The van der Waals surface area contributed by atoms with Gasteiger partial charge in [0.1, 0.15) is 0 Å². The van der Waals surface area contributed by atoms with E-state index in [2.05, 4.69) is 13.0 Å². The Bertz CT molecular complexity index is 91.2. The van der Waals surface area contributed by atoms with Crippen molar-refractivity contribution in [2.24, 2.45) is 5.92 Å². The summed E-state index contributed by atoms with van der Waals surface area (Å²) in [5.74, 6) is 0.261. The minimum atomic E-state index is 0.261. The molecular weight excluding hydrogens is 110 g/mol. The predicted octanol–water partition coefficient (Wildman–Crippen LogP) is 2.73. The van der Waals surface area contributed by atoms with Crippen molar-refractivity contribution in [3.05, 3.63) is 0 Å². The Morgan fingerprint density at radius 1 is 1.44 bits per heavy atom. The maximum Gasteiger partial charge on any atom is 0.0652 e. The molecule has 0 N–H and O–H groups in total. The lowest BCUT2D eigenvalue weighted by atomic mass is 10.1. The summed E-state index contributed by atoms with van der Waals surface area (Å²) in [7, 11) is 0. The summed E-state index contributed by atoms with van der Waals surface area (Å²) in [6.07, 6.45) is 4.81. The first-order chi connectivity index (χ1) is 4.31. The minimum Gasteiger partial charge on any atom is -0.198 e. The molecule has 0 radical (unpaired) electrons. The summed E-state index contributed by atoms with van der Waals surface area (Å²) in [6, 6.07) is 2.22. The van der Waals surface area contributed by atoms with Gasteiger partial charge in [-0.25, -0.2) is 0 Å². The zero-order valence-electron chi connectivity index (χ0n) is 6.35. The number of rotatable bonds is 4. The summed E-state index contributed by atoms with van der Waals surface area (Å²) in [5, 5.41) is 8.38. The Morgan fingerprint density at radius 2 is 2.11 bits per heavy atom. The topological polar surface area (TPSA) is 23.8 Å². The Morgan fingerprint density at radius 3 is 2.56 bits per heavy atom. The Balaban J connectivity index is 2.99. The number of hydrogen-bond acceptors (Lipinski definition) is 1. The SMILES string of the molecule is CCCCC[C@H](C)C#N. The molecule has 1 heteroatoms. The first kappa shape index (κ1) is 8.49. The molecule has 0 rings (SSSR count). The molecule has 0 aromatic rings. The van der Waals surface area contributed by atoms with Crippen molar-refractivity contribution < 1.29 is 0 Å². The second-order valence-electron chi connectivity index (χ2n) is 2.53. The number of nitrogens with zero attached hydrogens (tertiary/aromatic N) is 1. The Hall–Kier alpha value is -0.510. The lowest BCUT2D eigenvalue weighted by Gasteiger charge is -1.98. The molecule has 0 aromatic carbocycles. The highest BCUT2D eigenvalue weighted by molar-refractivity contribution is 4.77. The molecule has 0 saturated heterocycles. The molecule has 1 nitrogen and oxygen atoms in total. The fourth-order valence-corrected chi connectivity index (χ4v) is 0.765. The van der Waals surface area contributed by atoms with E-state index in [0.29, 0.717) is 0 Å². The molecule has 0 fully saturated rings. The van der Waals surface area contributed by atoms with Crippen LogP contribution >= 0.6 is 0 Å². The van der Waals surface area contributed by atoms with Gasteiger partial charge in [-0.2, -0.15) is 5.26 Å². The second-order valence-corrected chi connectivity index (χ2v) is 2.53. The molecule has 0 spiro atoms. The molecule has 0 aliphatic carbocycles. The lowest BCUT2D eigenvalue weighted by Crippen LogP contribution is -1.88. The summed E-state index contributed by atoms with van der Waals surface area (Å²) in [4.78, 5) is 0. The maximum atomic E-state index is 8.38. The van der Waals surface area contributed by atoms with Crippen molar-refractivity contribution in [1.29, 1.82) is 5.26 Å². The van der Waals surface area contributed by atoms with Gasteiger partial charge in [0.2, 0.25) is 0 Å². The van der Waals surface area contributed by atoms with Gasteiger partial charge in [0.25, 0.3) is 0 Å². The monoisotopic (exact) mass is 125 g/mol. The number of nitriles is 1. The number of unbranched alkanes of at least 4 members (excludes halogenated alkanes) is 2. The van der Waals surface area contributed by atoms with Gasteiger partial charge in [-0.05, 0) is 13.3 Å². The third-order valence-corrected chi connectivity index (χ3v) is 1.46. The molecule has 0 unspecified atom stereocenters. The van der Waals surface area contributed by atoms with E-state index in [-0.39, 0.29) is 5.92 Å². The van der Waals surface area contributed by atoms with Crippen LogP contribution in [0.5, 0.6) is 0 Å². The molecule has 9 heavy (non-hydrogen) atoms. The van der Waals surface area contributed by atoms with Crippen LogP contribution in [0.3, 0.4) is 0 Å². The van der Waals surface area contributed by atoms with Crippen LogP contribution in [0, 0.1) is 17.2 Å². The second kappa shape index (κ2) is 5.62. The van der Waals surface area contributed by atoms with Crippen LogP contribution in [0.4, 0.5) is 0 Å². The standard InChI is InChI=1S/C8H15N/c1-3-4-5-6-8(2)7-9/h8H,3-6H2,1-2H3/t8-/m0/s1. The molecule has 0 bridgehead atoms. The average Bonchev–Trinajstić information content (AvgIpc) is 1.89. The highest BCUT2D eigenvalue weighted by Gasteiger charge is 1.96. The Labute approximate surface area is 57.7 Å². The van der Waals surface area contributed by atoms with Crippen molar-refractivity contribution in [2.75, 3.05) is 0 Å². The van der Waals surface area contributed by atoms with Gasteiger partial charge in [-0.3, -0.25) is 0 Å². The van der Waals surface area contributed by atoms with E-state index < -0.39 is 0 Å². The van der Waals surface area contributed by atoms with Gasteiger partial charge in [-0.1, -0.05) is 26.2 Å². The molecule has 0 aliphatic rings. The van der Waals surface area contributed by atoms with Crippen LogP contribution in [-0.2, 0) is 0 Å². The van der Waals surface area contributed by atoms with E-state index in [1.165, 1.54) is 19.3 Å².